The van der Waals surface area contributed by atoms with E-state index in [1.165, 1.54) is 0 Å². The first-order chi connectivity index (χ1) is 14.7. The molecule has 2 saturated heterocycles. The lowest BCUT2D eigenvalue weighted by atomic mass is 9.99. The highest BCUT2D eigenvalue weighted by Gasteiger charge is 2.24. The highest BCUT2D eigenvalue weighted by molar-refractivity contribution is 5.90. The van der Waals surface area contributed by atoms with Gasteiger partial charge in [-0.15, -0.1) is 0 Å². The van der Waals surface area contributed by atoms with E-state index in [1.54, 1.807) is 24.3 Å². The summed E-state index contributed by atoms with van der Waals surface area (Å²) in [6.07, 6.45) is 2.04. The van der Waals surface area contributed by atoms with Crippen LogP contribution in [0.4, 0.5) is 11.5 Å². The summed E-state index contributed by atoms with van der Waals surface area (Å²) in [6, 6.07) is 9.37. The standard InChI is InChI=1S/C22H22N4O4/c1-25-20-19(15-4-6-16(7-5-15)30-17-12-28-13-17)18(9-23)22(26-21(20)24)29-11-14-3-2-8-27-10-14/h4-7,14,17H,2-3,8,10-13H2,(H2,24,26). The number of hydrogen-bond acceptors (Lipinski definition) is 7. The van der Waals surface area contributed by atoms with Gasteiger partial charge in [0.1, 0.15) is 29.3 Å². The van der Waals surface area contributed by atoms with Gasteiger partial charge in [-0.3, -0.25) is 0 Å². The minimum absolute atomic E-state index is 0.0424. The predicted molar refractivity (Wildman–Crippen MR) is 109 cm³/mol. The maximum Gasteiger partial charge on any atom is 0.237 e. The van der Waals surface area contributed by atoms with Crippen LogP contribution in [0.25, 0.3) is 16.0 Å². The Kier molecular flexibility index (Phi) is 5.99. The van der Waals surface area contributed by atoms with Crippen LogP contribution >= 0.6 is 0 Å². The normalized spacial score (nSPS) is 18.7. The fraction of sp³-hybridized carbons (Fsp3) is 0.409. The van der Waals surface area contributed by atoms with Gasteiger partial charge >= 0.3 is 0 Å². The molecule has 4 rings (SSSR count). The van der Waals surface area contributed by atoms with E-state index < -0.39 is 0 Å². The first-order valence-corrected chi connectivity index (χ1v) is 9.86. The van der Waals surface area contributed by atoms with Gasteiger partial charge in [-0.05, 0) is 30.5 Å². The number of hydrogen-bond donors (Lipinski definition) is 1. The van der Waals surface area contributed by atoms with Gasteiger partial charge in [-0.2, -0.15) is 5.26 Å². The van der Waals surface area contributed by atoms with Crippen LogP contribution in [0.3, 0.4) is 0 Å². The van der Waals surface area contributed by atoms with Crippen molar-refractivity contribution in [2.45, 2.75) is 18.9 Å². The van der Waals surface area contributed by atoms with Crippen molar-refractivity contribution in [2.24, 2.45) is 5.92 Å². The molecule has 0 bridgehead atoms. The summed E-state index contributed by atoms with van der Waals surface area (Å²) < 4.78 is 22.3. The maximum absolute atomic E-state index is 9.84. The zero-order chi connectivity index (χ0) is 20.9. The molecule has 0 saturated carbocycles. The largest absolute Gasteiger partial charge is 0.486 e. The Morgan fingerprint density at radius 1 is 1.23 bits per heavy atom. The smallest absolute Gasteiger partial charge is 0.237 e. The van der Waals surface area contributed by atoms with Crippen molar-refractivity contribution in [1.82, 2.24) is 4.98 Å². The van der Waals surface area contributed by atoms with Gasteiger partial charge in [0.2, 0.25) is 11.6 Å². The summed E-state index contributed by atoms with van der Waals surface area (Å²) in [7, 11) is 0. The van der Waals surface area contributed by atoms with E-state index in [9.17, 15) is 5.26 Å². The minimum Gasteiger partial charge on any atom is -0.486 e. The first kappa shape index (κ1) is 20.0. The number of pyridine rings is 1. The Labute approximate surface area is 175 Å². The number of rotatable bonds is 6. The van der Waals surface area contributed by atoms with Gasteiger partial charge in [0.05, 0.1) is 33.0 Å². The van der Waals surface area contributed by atoms with Crippen LogP contribution in [-0.4, -0.2) is 44.1 Å². The monoisotopic (exact) mass is 406 g/mol. The molecular weight excluding hydrogens is 384 g/mol. The fourth-order valence-corrected chi connectivity index (χ4v) is 3.48. The number of nitrogen functional groups attached to an aromatic ring is 1. The minimum atomic E-state index is 0.0424. The third-order valence-electron chi connectivity index (χ3n) is 5.15. The molecule has 30 heavy (non-hydrogen) atoms. The number of anilines is 1. The van der Waals surface area contributed by atoms with Crippen LogP contribution in [-0.2, 0) is 9.47 Å². The van der Waals surface area contributed by atoms with E-state index in [0.717, 1.165) is 19.4 Å². The predicted octanol–water partition coefficient (Wildman–Crippen LogP) is 3.34. The van der Waals surface area contributed by atoms with Crippen molar-refractivity contribution >= 4 is 11.5 Å². The van der Waals surface area contributed by atoms with Crippen LogP contribution < -0.4 is 15.2 Å². The number of nitrogens with zero attached hydrogens (tertiary/aromatic N) is 3. The zero-order valence-corrected chi connectivity index (χ0v) is 16.5. The van der Waals surface area contributed by atoms with Gasteiger partial charge < -0.3 is 24.7 Å². The Morgan fingerprint density at radius 2 is 2.03 bits per heavy atom. The second kappa shape index (κ2) is 9.00. The van der Waals surface area contributed by atoms with Crippen LogP contribution in [0.5, 0.6) is 11.6 Å². The SMILES string of the molecule is [C-]#[N+]c1c(N)nc(OCC2CCCOC2)c(C#N)c1-c1ccc(OC2COC2)cc1. The van der Waals surface area contributed by atoms with E-state index in [4.69, 9.17) is 31.3 Å². The topological polar surface area (TPSA) is 104 Å². The van der Waals surface area contributed by atoms with Crippen LogP contribution in [0, 0.1) is 23.8 Å². The Balaban J connectivity index is 1.64. The molecule has 2 aliphatic heterocycles. The van der Waals surface area contributed by atoms with E-state index in [-0.39, 0.29) is 35.0 Å². The second-order valence-electron chi connectivity index (χ2n) is 7.32. The average Bonchev–Trinajstić information content (AvgIpc) is 2.75. The van der Waals surface area contributed by atoms with Gasteiger partial charge in [0.25, 0.3) is 0 Å². The molecule has 0 spiro atoms. The quantitative estimate of drug-likeness (QED) is 0.734. The molecule has 8 heteroatoms. The van der Waals surface area contributed by atoms with Gasteiger partial charge in [-0.25, -0.2) is 9.83 Å². The maximum atomic E-state index is 9.84. The molecule has 0 aliphatic carbocycles. The summed E-state index contributed by atoms with van der Waals surface area (Å²) in [5.74, 6) is 1.13. The molecule has 1 aromatic heterocycles. The molecular formula is C22H22N4O4. The summed E-state index contributed by atoms with van der Waals surface area (Å²) in [5.41, 5.74) is 7.49. The number of benzene rings is 1. The zero-order valence-electron chi connectivity index (χ0n) is 16.5. The van der Waals surface area contributed by atoms with E-state index in [0.29, 0.717) is 43.3 Å². The number of aromatic nitrogens is 1. The van der Waals surface area contributed by atoms with E-state index in [1.807, 2.05) is 0 Å². The van der Waals surface area contributed by atoms with Crippen molar-refractivity contribution in [3.63, 3.8) is 0 Å². The highest BCUT2D eigenvalue weighted by atomic mass is 16.6. The van der Waals surface area contributed by atoms with Crippen LogP contribution in [0.2, 0.25) is 0 Å². The number of ether oxygens (including phenoxy) is 4. The average molecular weight is 406 g/mol. The molecule has 8 nitrogen and oxygen atoms in total. The molecule has 1 atom stereocenters. The van der Waals surface area contributed by atoms with Gasteiger partial charge in [0, 0.05) is 18.1 Å². The summed E-state index contributed by atoms with van der Waals surface area (Å²) in [5, 5.41) is 9.84. The molecule has 0 amide bonds. The summed E-state index contributed by atoms with van der Waals surface area (Å²) in [4.78, 5) is 7.73. The lowest BCUT2D eigenvalue weighted by molar-refractivity contribution is -0.0796. The summed E-state index contributed by atoms with van der Waals surface area (Å²) >= 11 is 0. The molecule has 0 radical (unpaired) electrons. The van der Waals surface area contributed by atoms with E-state index in [2.05, 4.69) is 15.9 Å². The lowest BCUT2D eigenvalue weighted by Gasteiger charge is -2.26. The van der Waals surface area contributed by atoms with Crippen LogP contribution in [0.15, 0.2) is 24.3 Å². The van der Waals surface area contributed by atoms with E-state index >= 15 is 0 Å². The Bertz CT molecular complexity index is 984. The third-order valence-corrected chi connectivity index (χ3v) is 5.15. The molecule has 154 valence electrons. The van der Waals surface area contributed by atoms with Crippen molar-refractivity contribution in [2.75, 3.05) is 38.8 Å². The molecule has 2 N–H and O–H groups in total. The van der Waals surface area contributed by atoms with Crippen LogP contribution in [0.1, 0.15) is 18.4 Å². The first-order valence-electron chi connectivity index (χ1n) is 9.86. The van der Waals surface area contributed by atoms with Gasteiger partial charge in [-0.1, -0.05) is 12.1 Å². The van der Waals surface area contributed by atoms with Crippen molar-refractivity contribution in [1.29, 1.82) is 5.26 Å². The molecule has 2 aliphatic rings. The third kappa shape index (κ3) is 4.16. The molecule has 2 fully saturated rings. The number of nitrogens with two attached hydrogens (primary N) is 1. The molecule has 2 aromatic rings. The molecule has 3 heterocycles. The molecule has 1 unspecified atom stereocenters. The Hall–Kier alpha value is -3.33. The second-order valence-corrected chi connectivity index (χ2v) is 7.32. The fourth-order valence-electron chi connectivity index (χ4n) is 3.48. The molecule has 1 aromatic carbocycles. The Morgan fingerprint density at radius 3 is 2.63 bits per heavy atom. The number of nitriles is 1. The van der Waals surface area contributed by atoms with Crippen molar-refractivity contribution in [3.05, 3.63) is 41.2 Å². The van der Waals surface area contributed by atoms with Crippen molar-refractivity contribution in [3.8, 4) is 28.8 Å². The van der Waals surface area contributed by atoms with Crippen molar-refractivity contribution < 1.29 is 18.9 Å². The summed E-state index contributed by atoms with van der Waals surface area (Å²) in [6.45, 7) is 10.5. The van der Waals surface area contributed by atoms with Gasteiger partial charge in [0.15, 0.2) is 0 Å². The highest BCUT2D eigenvalue weighted by Crippen LogP contribution is 2.41. The lowest BCUT2D eigenvalue weighted by Crippen LogP contribution is -2.38.